The minimum atomic E-state index is -0.498. The van der Waals surface area contributed by atoms with E-state index in [2.05, 4.69) is 24.7 Å². The van der Waals surface area contributed by atoms with E-state index in [1.807, 2.05) is 12.3 Å². The highest BCUT2D eigenvalue weighted by Gasteiger charge is 2.19. The van der Waals surface area contributed by atoms with E-state index in [-0.39, 0.29) is 12.2 Å². The smallest absolute Gasteiger partial charge is 0.343 e. The number of nitrogens with zero attached hydrogens (tertiary/aromatic N) is 6. The molecule has 0 aliphatic heterocycles. The molecule has 0 spiro atoms. The predicted octanol–water partition coefficient (Wildman–Crippen LogP) is 2.25. The van der Waals surface area contributed by atoms with Crippen LogP contribution in [0.3, 0.4) is 0 Å². The van der Waals surface area contributed by atoms with E-state index in [4.69, 9.17) is 4.74 Å². The normalized spacial score (nSPS) is 11.3. The lowest BCUT2D eigenvalue weighted by Crippen LogP contribution is -2.22. The summed E-state index contributed by atoms with van der Waals surface area (Å²) >= 11 is 1.37. The lowest BCUT2D eigenvalue weighted by Gasteiger charge is -2.08. The molecule has 0 saturated carbocycles. The van der Waals surface area contributed by atoms with Crippen LogP contribution in [0.4, 0.5) is 0 Å². The summed E-state index contributed by atoms with van der Waals surface area (Å²) < 4.78 is 13.3. The Morgan fingerprint density at radius 3 is 2.75 bits per heavy atom. The molecular formula is C21H16N6O4S. The number of hydrogen-bond acceptors (Lipinski definition) is 9. The van der Waals surface area contributed by atoms with Gasteiger partial charge in [0.2, 0.25) is 0 Å². The fraction of sp³-hybridized carbons (Fsp3) is 0.143. The number of carbonyl (C=O) groups excluding carboxylic acids is 1. The van der Waals surface area contributed by atoms with Crippen molar-refractivity contribution in [2.45, 2.75) is 5.16 Å². The van der Waals surface area contributed by atoms with Crippen LogP contribution in [0.15, 0.2) is 58.7 Å². The molecule has 0 aliphatic carbocycles. The molecule has 32 heavy (non-hydrogen) atoms. The van der Waals surface area contributed by atoms with Crippen LogP contribution in [0.25, 0.3) is 33.4 Å². The number of methoxy groups -OCH3 is 1. The molecule has 0 saturated heterocycles. The van der Waals surface area contributed by atoms with Gasteiger partial charge in [-0.1, -0.05) is 17.8 Å². The molecule has 1 aromatic carbocycles. The minimum absolute atomic E-state index is 0.235. The molecule has 4 heterocycles. The Kier molecular flexibility index (Phi) is 4.94. The number of esters is 1. The van der Waals surface area contributed by atoms with Gasteiger partial charge in [-0.25, -0.2) is 29.4 Å². The quantitative estimate of drug-likeness (QED) is 0.227. The fourth-order valence-electron chi connectivity index (χ4n) is 3.39. The second-order valence-corrected chi connectivity index (χ2v) is 7.46. The molecule has 0 N–H and O–H groups in total. The molecule has 4 aromatic heterocycles. The Labute approximate surface area is 184 Å². The molecule has 5 rings (SSSR count). The van der Waals surface area contributed by atoms with E-state index in [1.54, 1.807) is 41.2 Å². The average Bonchev–Trinajstić information content (AvgIpc) is 3.16. The van der Waals surface area contributed by atoms with Crippen molar-refractivity contribution in [1.82, 2.24) is 29.1 Å². The minimum Gasteiger partial charge on any atom is -0.482 e. The van der Waals surface area contributed by atoms with E-state index >= 15 is 0 Å². The van der Waals surface area contributed by atoms with Crippen molar-refractivity contribution in [1.29, 1.82) is 0 Å². The Morgan fingerprint density at radius 2 is 2.00 bits per heavy atom. The molecule has 5 aromatic rings. The zero-order chi connectivity index (χ0) is 22.2. The van der Waals surface area contributed by atoms with Crippen molar-refractivity contribution in [3.05, 3.63) is 59.1 Å². The van der Waals surface area contributed by atoms with E-state index in [0.29, 0.717) is 44.3 Å². The summed E-state index contributed by atoms with van der Waals surface area (Å²) in [5.41, 5.74) is 1.05. The van der Waals surface area contributed by atoms with Crippen LogP contribution in [0.2, 0.25) is 0 Å². The fourth-order valence-corrected chi connectivity index (χ4v) is 3.72. The summed E-state index contributed by atoms with van der Waals surface area (Å²) in [5, 5.41) is 1.52. The van der Waals surface area contributed by atoms with Crippen molar-refractivity contribution >= 4 is 45.3 Å². The number of pyridine rings is 1. The lowest BCUT2D eigenvalue weighted by atomic mass is 10.2. The van der Waals surface area contributed by atoms with Crippen LogP contribution in [0, 0.1) is 0 Å². The molecule has 0 radical (unpaired) electrons. The van der Waals surface area contributed by atoms with E-state index in [0.717, 1.165) is 0 Å². The van der Waals surface area contributed by atoms with Gasteiger partial charge in [-0.2, -0.15) is 4.52 Å². The topological polar surface area (TPSA) is 114 Å². The first-order chi connectivity index (χ1) is 15.6. The third-order valence-corrected chi connectivity index (χ3v) is 5.42. The second kappa shape index (κ2) is 7.93. The molecule has 0 bridgehead atoms. The number of aromatic nitrogens is 6. The van der Waals surface area contributed by atoms with Gasteiger partial charge in [-0.05, 0) is 30.5 Å². The van der Waals surface area contributed by atoms with Crippen molar-refractivity contribution in [2.75, 3.05) is 20.0 Å². The summed E-state index contributed by atoms with van der Waals surface area (Å²) in [5.74, 6) is 0.454. The highest BCUT2D eigenvalue weighted by atomic mass is 32.2. The summed E-state index contributed by atoms with van der Waals surface area (Å²) in [4.78, 5) is 42.7. The number of hydrogen-bond donors (Lipinski definition) is 0. The van der Waals surface area contributed by atoms with Crippen LogP contribution in [-0.4, -0.2) is 55.1 Å². The Hall–Kier alpha value is -3.99. The lowest BCUT2D eigenvalue weighted by molar-refractivity contribution is -0.142. The van der Waals surface area contributed by atoms with Crippen LogP contribution < -0.4 is 10.3 Å². The summed E-state index contributed by atoms with van der Waals surface area (Å²) in [6.07, 6.45) is 4.98. The van der Waals surface area contributed by atoms with Gasteiger partial charge in [0, 0.05) is 23.8 Å². The number of thioether (sulfide) groups is 1. The van der Waals surface area contributed by atoms with Crippen molar-refractivity contribution in [3.63, 3.8) is 0 Å². The standard InChI is InChI=1S/C21H16N6O4S/c1-30-17(28)11-31-12-6-7-13-15(9-12)26(16-5-3-4-8-22-16)27-19(13)24-18-14(20(27)29)10-23-21(25-18)32-2/h3-10H,11H2,1-2H3. The van der Waals surface area contributed by atoms with Gasteiger partial charge in [-0.15, -0.1) is 0 Å². The van der Waals surface area contributed by atoms with Gasteiger partial charge in [0.05, 0.1) is 12.6 Å². The monoisotopic (exact) mass is 448 g/mol. The molecule has 11 heteroatoms. The van der Waals surface area contributed by atoms with Crippen LogP contribution in [-0.2, 0) is 9.53 Å². The summed E-state index contributed by atoms with van der Waals surface area (Å²) in [6.45, 7) is -0.235. The second-order valence-electron chi connectivity index (χ2n) is 6.69. The van der Waals surface area contributed by atoms with E-state index in [1.165, 1.54) is 29.6 Å². The highest BCUT2D eigenvalue weighted by Crippen LogP contribution is 2.28. The van der Waals surface area contributed by atoms with Gasteiger partial charge >= 0.3 is 5.97 Å². The van der Waals surface area contributed by atoms with Gasteiger partial charge in [0.25, 0.3) is 5.56 Å². The number of carbonyl (C=O) groups is 1. The van der Waals surface area contributed by atoms with E-state index in [9.17, 15) is 9.59 Å². The first kappa shape index (κ1) is 19.9. The molecule has 0 amide bonds. The van der Waals surface area contributed by atoms with Gasteiger partial charge in [0.15, 0.2) is 28.9 Å². The Morgan fingerprint density at radius 1 is 1.12 bits per heavy atom. The first-order valence-corrected chi connectivity index (χ1v) is 10.7. The molecule has 0 fully saturated rings. The van der Waals surface area contributed by atoms with Crippen LogP contribution in [0.5, 0.6) is 5.75 Å². The molecule has 0 atom stereocenters. The molecular weight excluding hydrogens is 432 g/mol. The third kappa shape index (κ3) is 3.23. The van der Waals surface area contributed by atoms with Crippen molar-refractivity contribution in [3.8, 4) is 11.6 Å². The number of rotatable bonds is 5. The van der Waals surface area contributed by atoms with E-state index < -0.39 is 5.97 Å². The zero-order valence-corrected chi connectivity index (χ0v) is 17.9. The first-order valence-electron chi connectivity index (χ1n) is 9.50. The largest absolute Gasteiger partial charge is 0.482 e. The van der Waals surface area contributed by atoms with Crippen LogP contribution in [0.1, 0.15) is 0 Å². The van der Waals surface area contributed by atoms with Crippen molar-refractivity contribution in [2.24, 2.45) is 0 Å². The third-order valence-electron chi connectivity index (χ3n) is 4.85. The molecule has 0 unspecified atom stereocenters. The average molecular weight is 448 g/mol. The zero-order valence-electron chi connectivity index (χ0n) is 17.1. The van der Waals surface area contributed by atoms with Gasteiger partial charge in [0.1, 0.15) is 11.1 Å². The van der Waals surface area contributed by atoms with Crippen molar-refractivity contribution < 1.29 is 14.3 Å². The number of fused-ring (bicyclic) bond motifs is 4. The highest BCUT2D eigenvalue weighted by molar-refractivity contribution is 7.98. The number of benzene rings is 1. The SMILES string of the molecule is COC(=O)COc1ccc2c(c1)n(-c1ccccn1)n1c(=O)c3cnc(SC)nc3nc21. The van der Waals surface area contributed by atoms with Gasteiger partial charge in [-0.3, -0.25) is 4.79 Å². The Balaban J connectivity index is 1.84. The van der Waals surface area contributed by atoms with Crippen LogP contribution >= 0.6 is 11.8 Å². The summed E-state index contributed by atoms with van der Waals surface area (Å²) in [6, 6.07) is 10.6. The van der Waals surface area contributed by atoms with Gasteiger partial charge < -0.3 is 9.47 Å². The molecule has 10 nitrogen and oxygen atoms in total. The molecule has 160 valence electrons. The maximum atomic E-state index is 13.5. The molecule has 0 aliphatic rings. The maximum Gasteiger partial charge on any atom is 0.343 e. The Bertz CT molecular complexity index is 1550. The maximum absolute atomic E-state index is 13.5. The number of ether oxygens (including phenoxy) is 2. The summed E-state index contributed by atoms with van der Waals surface area (Å²) in [7, 11) is 1.29. The predicted molar refractivity (Wildman–Crippen MR) is 118 cm³/mol.